The number of amides is 2. The van der Waals surface area contributed by atoms with Crippen molar-refractivity contribution in [2.45, 2.75) is 0 Å². The minimum Gasteiger partial charge on any atom is -0.350 e. The second-order valence-electron chi connectivity index (χ2n) is 2.13. The highest BCUT2D eigenvalue weighted by Gasteiger charge is 1.92. The van der Waals surface area contributed by atoms with E-state index in [0.717, 1.165) is 0 Å². The van der Waals surface area contributed by atoms with E-state index in [-0.39, 0.29) is 0 Å². The molecule has 2 amide bonds. The lowest BCUT2D eigenvalue weighted by Gasteiger charge is -1.92. The molecule has 0 aliphatic rings. The molecule has 0 aromatic carbocycles. The summed E-state index contributed by atoms with van der Waals surface area (Å²) in [5.41, 5.74) is 6.84. The number of nitrogens with two attached hydrogens (primary N) is 1. The number of imidazole rings is 1. The van der Waals surface area contributed by atoms with Crippen molar-refractivity contribution in [2.75, 3.05) is 0 Å². The standard InChI is InChI=1S/C6H9N5O/c1-11-3-2-8-5(11)4-9-10-6(7)12/h2-4H,1H3,(H3,7,10,12)/b9-4+. The van der Waals surface area contributed by atoms with Crippen LogP contribution in [0.4, 0.5) is 4.79 Å². The van der Waals surface area contributed by atoms with Crippen LogP contribution in [0.5, 0.6) is 0 Å². The fourth-order valence-electron chi connectivity index (χ4n) is 0.655. The Morgan fingerprint density at radius 1 is 1.92 bits per heavy atom. The van der Waals surface area contributed by atoms with Crippen molar-refractivity contribution >= 4 is 12.2 Å². The second kappa shape index (κ2) is 3.51. The van der Waals surface area contributed by atoms with E-state index in [1.165, 1.54) is 6.21 Å². The van der Waals surface area contributed by atoms with Gasteiger partial charge in [-0.05, 0) is 0 Å². The van der Waals surface area contributed by atoms with Crippen molar-refractivity contribution in [1.29, 1.82) is 0 Å². The summed E-state index contributed by atoms with van der Waals surface area (Å²) in [6, 6.07) is -0.694. The lowest BCUT2D eigenvalue weighted by Crippen LogP contribution is -2.24. The van der Waals surface area contributed by atoms with Gasteiger partial charge in [0.05, 0.1) is 6.21 Å². The average Bonchev–Trinajstić information content (AvgIpc) is 2.36. The number of aromatic nitrogens is 2. The number of aryl methyl sites for hydroxylation is 1. The Hall–Kier alpha value is -1.85. The zero-order chi connectivity index (χ0) is 8.97. The van der Waals surface area contributed by atoms with Crippen molar-refractivity contribution in [3.63, 3.8) is 0 Å². The van der Waals surface area contributed by atoms with Gasteiger partial charge in [0.15, 0.2) is 5.82 Å². The van der Waals surface area contributed by atoms with Crippen LogP contribution in [0.25, 0.3) is 0 Å². The summed E-state index contributed by atoms with van der Waals surface area (Å²) in [5.74, 6) is 0.642. The van der Waals surface area contributed by atoms with E-state index in [4.69, 9.17) is 5.73 Å². The molecule has 0 spiro atoms. The van der Waals surface area contributed by atoms with Gasteiger partial charge < -0.3 is 10.3 Å². The summed E-state index contributed by atoms with van der Waals surface area (Å²) in [6.45, 7) is 0. The maximum absolute atomic E-state index is 10.2. The van der Waals surface area contributed by atoms with Crippen molar-refractivity contribution in [3.8, 4) is 0 Å². The predicted molar refractivity (Wildman–Crippen MR) is 43.5 cm³/mol. The van der Waals surface area contributed by atoms with Crippen LogP contribution >= 0.6 is 0 Å². The first-order valence-corrected chi connectivity index (χ1v) is 3.26. The zero-order valence-electron chi connectivity index (χ0n) is 6.56. The van der Waals surface area contributed by atoms with Crippen LogP contribution < -0.4 is 11.2 Å². The normalized spacial score (nSPS) is 10.4. The van der Waals surface area contributed by atoms with Crippen molar-refractivity contribution in [1.82, 2.24) is 15.0 Å². The van der Waals surface area contributed by atoms with Crippen LogP contribution in [0, 0.1) is 0 Å². The van der Waals surface area contributed by atoms with E-state index in [0.29, 0.717) is 5.82 Å². The van der Waals surface area contributed by atoms with E-state index in [1.807, 2.05) is 7.05 Å². The van der Waals surface area contributed by atoms with Gasteiger partial charge in [0.25, 0.3) is 0 Å². The molecular formula is C6H9N5O. The number of carbonyl (C=O) groups excluding carboxylic acids is 1. The third kappa shape index (κ3) is 2.08. The minimum absolute atomic E-state index is 0.642. The summed E-state index contributed by atoms with van der Waals surface area (Å²) in [6.07, 6.45) is 4.81. The number of hydrazone groups is 1. The largest absolute Gasteiger partial charge is 0.350 e. The highest BCUT2D eigenvalue weighted by atomic mass is 16.2. The first kappa shape index (κ1) is 8.25. The lowest BCUT2D eigenvalue weighted by atomic mass is 10.7. The van der Waals surface area contributed by atoms with Gasteiger partial charge in [-0.2, -0.15) is 5.10 Å². The summed E-state index contributed by atoms with van der Waals surface area (Å²) in [4.78, 5) is 14.1. The molecule has 1 heterocycles. The fourth-order valence-corrected chi connectivity index (χ4v) is 0.655. The van der Waals surface area contributed by atoms with Gasteiger partial charge in [-0.1, -0.05) is 0 Å². The van der Waals surface area contributed by atoms with Crippen molar-refractivity contribution < 1.29 is 4.79 Å². The van der Waals surface area contributed by atoms with Gasteiger partial charge in [0, 0.05) is 19.4 Å². The van der Waals surface area contributed by atoms with Crippen LogP contribution in [-0.4, -0.2) is 21.8 Å². The molecule has 0 atom stereocenters. The van der Waals surface area contributed by atoms with Crippen molar-refractivity contribution in [2.24, 2.45) is 17.9 Å². The number of carbonyl (C=O) groups is 1. The Kier molecular flexibility index (Phi) is 2.42. The van der Waals surface area contributed by atoms with E-state index < -0.39 is 6.03 Å². The Morgan fingerprint density at radius 2 is 2.67 bits per heavy atom. The molecule has 1 aromatic heterocycles. The van der Waals surface area contributed by atoms with Gasteiger partial charge in [0.2, 0.25) is 0 Å². The van der Waals surface area contributed by atoms with Crippen molar-refractivity contribution in [3.05, 3.63) is 18.2 Å². The topological polar surface area (TPSA) is 85.3 Å². The number of rotatable bonds is 2. The molecule has 0 fully saturated rings. The molecule has 6 heteroatoms. The van der Waals surface area contributed by atoms with Gasteiger partial charge in [0.1, 0.15) is 0 Å². The third-order valence-corrected chi connectivity index (χ3v) is 1.21. The van der Waals surface area contributed by atoms with Gasteiger partial charge in [-0.25, -0.2) is 15.2 Å². The number of nitrogens with zero attached hydrogens (tertiary/aromatic N) is 3. The Bertz CT molecular complexity index is 303. The van der Waals surface area contributed by atoms with E-state index in [1.54, 1.807) is 17.0 Å². The molecule has 3 N–H and O–H groups in total. The highest BCUT2D eigenvalue weighted by Crippen LogP contribution is 1.87. The summed E-state index contributed by atoms with van der Waals surface area (Å²) < 4.78 is 1.76. The Balaban J connectivity index is 2.57. The van der Waals surface area contributed by atoms with Crippen LogP contribution in [0.1, 0.15) is 5.82 Å². The smallest absolute Gasteiger partial charge is 0.332 e. The molecular weight excluding hydrogens is 158 g/mol. The second-order valence-corrected chi connectivity index (χ2v) is 2.13. The van der Waals surface area contributed by atoms with Crippen LogP contribution in [0.2, 0.25) is 0 Å². The summed E-state index contributed by atoms with van der Waals surface area (Å²) in [5, 5.41) is 3.54. The average molecular weight is 167 g/mol. The molecule has 1 aromatic rings. The maximum atomic E-state index is 10.2. The fraction of sp³-hybridized carbons (Fsp3) is 0.167. The third-order valence-electron chi connectivity index (χ3n) is 1.21. The van der Waals surface area contributed by atoms with Crippen LogP contribution in [-0.2, 0) is 7.05 Å². The first-order valence-electron chi connectivity index (χ1n) is 3.26. The van der Waals surface area contributed by atoms with E-state index in [2.05, 4.69) is 15.5 Å². The molecule has 64 valence electrons. The number of hydrogen-bond acceptors (Lipinski definition) is 3. The van der Waals surface area contributed by atoms with E-state index in [9.17, 15) is 4.79 Å². The molecule has 0 saturated heterocycles. The molecule has 0 unspecified atom stereocenters. The SMILES string of the molecule is Cn1ccnc1/C=N/NC(N)=O. The number of primary amides is 1. The monoisotopic (exact) mass is 167 g/mol. The minimum atomic E-state index is -0.694. The molecule has 12 heavy (non-hydrogen) atoms. The molecule has 0 radical (unpaired) electrons. The summed E-state index contributed by atoms with van der Waals surface area (Å²) in [7, 11) is 1.82. The van der Waals surface area contributed by atoms with Crippen LogP contribution in [0.3, 0.4) is 0 Å². The Labute approximate surface area is 69.1 Å². The van der Waals surface area contributed by atoms with E-state index >= 15 is 0 Å². The van der Waals surface area contributed by atoms with Crippen LogP contribution in [0.15, 0.2) is 17.5 Å². The lowest BCUT2D eigenvalue weighted by molar-refractivity contribution is 0.249. The number of nitrogens with one attached hydrogen (secondary N) is 1. The predicted octanol–water partition coefficient (Wildman–Crippen LogP) is -0.578. The molecule has 0 bridgehead atoms. The number of hydrogen-bond donors (Lipinski definition) is 2. The van der Waals surface area contributed by atoms with Gasteiger partial charge in [-0.3, -0.25) is 0 Å². The molecule has 6 nitrogen and oxygen atoms in total. The molecule has 0 saturated carbocycles. The quantitative estimate of drug-likeness (QED) is 0.456. The summed E-state index contributed by atoms with van der Waals surface area (Å²) >= 11 is 0. The Morgan fingerprint density at radius 3 is 3.17 bits per heavy atom. The first-order chi connectivity index (χ1) is 5.70. The molecule has 0 aliphatic carbocycles. The zero-order valence-corrected chi connectivity index (χ0v) is 6.56. The van der Waals surface area contributed by atoms with Gasteiger partial charge in [-0.15, -0.1) is 0 Å². The highest BCUT2D eigenvalue weighted by molar-refractivity contribution is 5.77. The molecule has 0 aliphatic heterocycles. The number of urea groups is 1. The van der Waals surface area contributed by atoms with Gasteiger partial charge >= 0.3 is 6.03 Å². The molecule has 1 rings (SSSR count). The maximum Gasteiger partial charge on any atom is 0.332 e.